The van der Waals surface area contributed by atoms with Crippen LogP contribution in [0.5, 0.6) is 0 Å². The normalized spacial score (nSPS) is 13.3. The van der Waals surface area contributed by atoms with Crippen LogP contribution in [0.1, 0.15) is 36.5 Å². The molecule has 0 atom stereocenters. The lowest BCUT2D eigenvalue weighted by molar-refractivity contribution is -0.120. The van der Waals surface area contributed by atoms with Crippen molar-refractivity contribution in [3.05, 3.63) is 29.8 Å². The number of carbonyl (C=O) groups is 3. The maximum Gasteiger partial charge on any atom is 0.251 e. The largest absolute Gasteiger partial charge is 0.354 e. The van der Waals surface area contributed by atoms with Crippen molar-refractivity contribution in [1.29, 1.82) is 0 Å². The van der Waals surface area contributed by atoms with Crippen LogP contribution in [0.25, 0.3) is 0 Å². The third-order valence-corrected chi connectivity index (χ3v) is 3.42. The summed E-state index contributed by atoms with van der Waals surface area (Å²) in [5.74, 6) is -0.0407. The lowest BCUT2D eigenvalue weighted by atomic mass is 10.2. The monoisotopic (exact) mass is 303 g/mol. The molecule has 0 spiro atoms. The molecule has 3 N–H and O–H groups in total. The predicted molar refractivity (Wildman–Crippen MR) is 83.4 cm³/mol. The Balaban J connectivity index is 1.75. The third-order valence-electron chi connectivity index (χ3n) is 3.42. The fraction of sp³-hybridized carbons (Fsp3) is 0.438. The third kappa shape index (κ3) is 4.87. The number of rotatable bonds is 7. The Morgan fingerprint density at radius 2 is 1.68 bits per heavy atom. The van der Waals surface area contributed by atoms with Crippen molar-refractivity contribution in [3.63, 3.8) is 0 Å². The number of amides is 3. The summed E-state index contributed by atoms with van der Waals surface area (Å²) in [6.07, 6.45) is 2.35. The Morgan fingerprint density at radius 1 is 1.05 bits per heavy atom. The van der Waals surface area contributed by atoms with Gasteiger partial charge in [-0.05, 0) is 37.1 Å². The van der Waals surface area contributed by atoms with E-state index in [0.717, 1.165) is 12.8 Å². The Bertz CT molecular complexity index is 550. The fourth-order valence-electron chi connectivity index (χ4n) is 1.90. The van der Waals surface area contributed by atoms with Gasteiger partial charge in [0.2, 0.25) is 11.8 Å². The van der Waals surface area contributed by atoms with Gasteiger partial charge in [0.15, 0.2) is 0 Å². The molecule has 1 saturated carbocycles. The highest BCUT2D eigenvalue weighted by atomic mass is 16.2. The maximum atomic E-state index is 11.9. The van der Waals surface area contributed by atoms with Crippen molar-refractivity contribution in [1.82, 2.24) is 10.6 Å². The van der Waals surface area contributed by atoms with E-state index in [1.807, 2.05) is 0 Å². The second-order valence-electron chi connectivity index (χ2n) is 5.30. The van der Waals surface area contributed by atoms with E-state index >= 15 is 0 Å². The van der Waals surface area contributed by atoms with Gasteiger partial charge in [0.1, 0.15) is 0 Å². The maximum absolute atomic E-state index is 11.9. The highest BCUT2D eigenvalue weighted by molar-refractivity contribution is 5.96. The minimum absolute atomic E-state index is 0.0370. The summed E-state index contributed by atoms with van der Waals surface area (Å²) in [5, 5.41) is 8.23. The molecule has 0 aromatic heterocycles. The predicted octanol–water partition coefficient (Wildman–Crippen LogP) is 1.29. The van der Waals surface area contributed by atoms with Gasteiger partial charge in [-0.3, -0.25) is 14.4 Å². The molecule has 3 amide bonds. The fourth-order valence-corrected chi connectivity index (χ4v) is 1.90. The number of nitrogens with one attached hydrogen (secondary N) is 3. The van der Waals surface area contributed by atoms with Crippen molar-refractivity contribution in [2.24, 2.45) is 5.92 Å². The molecule has 1 aliphatic carbocycles. The standard InChI is InChI=1S/C16H21N3O3/c1-2-14(20)17-9-10-18-15(21)11-5-7-13(8-6-11)19-16(22)12-3-4-12/h5-8,12H,2-4,9-10H2,1H3,(H,17,20)(H,18,21)(H,19,22). The van der Waals surface area contributed by atoms with Crippen molar-refractivity contribution in [2.75, 3.05) is 18.4 Å². The van der Waals surface area contributed by atoms with Gasteiger partial charge in [-0.1, -0.05) is 6.92 Å². The molecule has 0 unspecified atom stereocenters. The highest BCUT2D eigenvalue weighted by Gasteiger charge is 2.29. The molecule has 2 rings (SSSR count). The van der Waals surface area contributed by atoms with Gasteiger partial charge in [-0.25, -0.2) is 0 Å². The Kier molecular flexibility index (Phi) is 5.52. The first-order valence-corrected chi connectivity index (χ1v) is 7.56. The van der Waals surface area contributed by atoms with Crippen LogP contribution in [0.3, 0.4) is 0 Å². The molecule has 1 aliphatic rings. The molecule has 0 radical (unpaired) electrons. The zero-order chi connectivity index (χ0) is 15.9. The quantitative estimate of drug-likeness (QED) is 0.663. The molecular weight excluding hydrogens is 282 g/mol. The molecule has 6 heteroatoms. The lowest BCUT2D eigenvalue weighted by Gasteiger charge is -2.08. The highest BCUT2D eigenvalue weighted by Crippen LogP contribution is 2.30. The van der Waals surface area contributed by atoms with Gasteiger partial charge < -0.3 is 16.0 Å². The summed E-state index contributed by atoms with van der Waals surface area (Å²) in [4.78, 5) is 34.6. The number of carbonyl (C=O) groups excluding carboxylic acids is 3. The first-order chi connectivity index (χ1) is 10.6. The van der Waals surface area contributed by atoms with Crippen LogP contribution < -0.4 is 16.0 Å². The zero-order valence-electron chi connectivity index (χ0n) is 12.6. The molecule has 1 aromatic rings. The Labute approximate surface area is 129 Å². The first-order valence-electron chi connectivity index (χ1n) is 7.56. The van der Waals surface area contributed by atoms with Crippen LogP contribution >= 0.6 is 0 Å². The van der Waals surface area contributed by atoms with Crippen LogP contribution in [-0.4, -0.2) is 30.8 Å². The number of hydrogen-bond donors (Lipinski definition) is 3. The lowest BCUT2D eigenvalue weighted by Crippen LogP contribution is -2.34. The van der Waals surface area contributed by atoms with Crippen molar-refractivity contribution < 1.29 is 14.4 Å². The van der Waals surface area contributed by atoms with Crippen molar-refractivity contribution in [2.45, 2.75) is 26.2 Å². The number of benzene rings is 1. The summed E-state index contributed by atoms with van der Waals surface area (Å²) in [6, 6.07) is 6.77. The molecule has 0 saturated heterocycles. The van der Waals surface area contributed by atoms with Gasteiger partial charge in [0, 0.05) is 36.7 Å². The molecule has 0 bridgehead atoms. The van der Waals surface area contributed by atoms with E-state index in [4.69, 9.17) is 0 Å². The van der Waals surface area contributed by atoms with Crippen LogP contribution in [0.4, 0.5) is 5.69 Å². The van der Waals surface area contributed by atoms with Gasteiger partial charge in [0.05, 0.1) is 0 Å². The van der Waals surface area contributed by atoms with Crippen molar-refractivity contribution >= 4 is 23.4 Å². The molecule has 6 nitrogen and oxygen atoms in total. The van der Waals surface area contributed by atoms with E-state index in [9.17, 15) is 14.4 Å². The van der Waals surface area contributed by atoms with Crippen LogP contribution in [-0.2, 0) is 9.59 Å². The van der Waals surface area contributed by atoms with E-state index < -0.39 is 0 Å². The summed E-state index contributed by atoms with van der Waals surface area (Å²) >= 11 is 0. The molecular formula is C16H21N3O3. The van der Waals surface area contributed by atoms with Crippen LogP contribution in [0, 0.1) is 5.92 Å². The second-order valence-corrected chi connectivity index (χ2v) is 5.30. The smallest absolute Gasteiger partial charge is 0.251 e. The minimum Gasteiger partial charge on any atom is -0.354 e. The summed E-state index contributed by atoms with van der Waals surface area (Å²) in [6.45, 7) is 2.57. The van der Waals surface area contributed by atoms with E-state index in [2.05, 4.69) is 16.0 Å². The van der Waals surface area contributed by atoms with E-state index in [1.54, 1.807) is 31.2 Å². The zero-order valence-corrected chi connectivity index (χ0v) is 12.6. The second kappa shape index (κ2) is 7.59. The molecule has 118 valence electrons. The molecule has 1 fully saturated rings. The number of hydrogen-bond acceptors (Lipinski definition) is 3. The average molecular weight is 303 g/mol. The average Bonchev–Trinajstić information content (AvgIpc) is 3.36. The SMILES string of the molecule is CCC(=O)NCCNC(=O)c1ccc(NC(=O)C2CC2)cc1. The van der Waals surface area contributed by atoms with Gasteiger partial charge in [-0.2, -0.15) is 0 Å². The summed E-state index contributed by atoms with van der Waals surface area (Å²) in [5.41, 5.74) is 1.22. The first kappa shape index (κ1) is 16.0. The van der Waals surface area contributed by atoms with E-state index in [1.165, 1.54) is 0 Å². The molecule has 1 aromatic carbocycles. The summed E-state index contributed by atoms with van der Waals surface area (Å²) < 4.78 is 0. The van der Waals surface area contributed by atoms with Gasteiger partial charge in [-0.15, -0.1) is 0 Å². The summed E-state index contributed by atoms with van der Waals surface area (Å²) in [7, 11) is 0. The van der Waals surface area contributed by atoms with E-state index in [-0.39, 0.29) is 23.6 Å². The van der Waals surface area contributed by atoms with Crippen LogP contribution in [0.2, 0.25) is 0 Å². The van der Waals surface area contributed by atoms with Crippen molar-refractivity contribution in [3.8, 4) is 0 Å². The molecule has 0 heterocycles. The molecule has 22 heavy (non-hydrogen) atoms. The topological polar surface area (TPSA) is 87.3 Å². The van der Waals surface area contributed by atoms with Crippen LogP contribution in [0.15, 0.2) is 24.3 Å². The number of anilines is 1. The van der Waals surface area contributed by atoms with Gasteiger partial charge >= 0.3 is 0 Å². The Morgan fingerprint density at radius 3 is 2.27 bits per heavy atom. The van der Waals surface area contributed by atoms with E-state index in [0.29, 0.717) is 30.8 Å². The minimum atomic E-state index is -0.203. The van der Waals surface area contributed by atoms with Gasteiger partial charge in [0.25, 0.3) is 5.91 Å². The Hall–Kier alpha value is -2.37. The molecule has 0 aliphatic heterocycles.